The number of aliphatic hydroxyl groups excluding tert-OH is 1. The van der Waals surface area contributed by atoms with E-state index in [9.17, 15) is 9.90 Å². The second-order valence-electron chi connectivity index (χ2n) is 6.72. The standard InChI is InChI=1S/C22H27NO5/c1-26-18-10-9-17(14-19(18)27-2)22-20(15-24)28-13-12-23(22)21(25)11-8-16-6-4-3-5-7-16/h3-7,9-10,14,20,22,24H,8,11-13,15H2,1-2H3/t20-,22-/m1/s1. The molecule has 6 heteroatoms. The first-order chi connectivity index (χ1) is 13.7. The second-order valence-corrected chi connectivity index (χ2v) is 6.72. The molecule has 2 atom stereocenters. The van der Waals surface area contributed by atoms with Crippen molar-refractivity contribution in [3.63, 3.8) is 0 Å². The van der Waals surface area contributed by atoms with E-state index in [1.54, 1.807) is 14.2 Å². The zero-order valence-corrected chi connectivity index (χ0v) is 16.3. The first-order valence-electron chi connectivity index (χ1n) is 9.45. The molecular formula is C22H27NO5. The predicted molar refractivity (Wildman–Crippen MR) is 106 cm³/mol. The molecule has 150 valence electrons. The van der Waals surface area contributed by atoms with Crippen LogP contribution in [0.1, 0.15) is 23.6 Å². The van der Waals surface area contributed by atoms with Crippen molar-refractivity contribution in [2.45, 2.75) is 25.0 Å². The van der Waals surface area contributed by atoms with Crippen LogP contribution in [0.2, 0.25) is 0 Å². The van der Waals surface area contributed by atoms with Crippen molar-refractivity contribution in [1.29, 1.82) is 0 Å². The fourth-order valence-electron chi connectivity index (χ4n) is 3.64. The van der Waals surface area contributed by atoms with Gasteiger partial charge in [-0.2, -0.15) is 0 Å². The molecule has 1 aliphatic heterocycles. The second kappa shape index (κ2) is 9.57. The number of aliphatic hydroxyl groups is 1. The number of amides is 1. The van der Waals surface area contributed by atoms with E-state index in [1.807, 2.05) is 53.4 Å². The third-order valence-electron chi connectivity index (χ3n) is 5.07. The molecule has 0 bridgehead atoms. The summed E-state index contributed by atoms with van der Waals surface area (Å²) in [5.74, 6) is 1.25. The van der Waals surface area contributed by atoms with Crippen molar-refractivity contribution in [3.8, 4) is 11.5 Å². The highest BCUT2D eigenvalue weighted by Crippen LogP contribution is 2.36. The maximum absolute atomic E-state index is 13.0. The number of morpholine rings is 1. The molecule has 2 aromatic rings. The summed E-state index contributed by atoms with van der Waals surface area (Å²) in [7, 11) is 3.16. The number of carbonyl (C=O) groups excluding carboxylic acids is 1. The van der Waals surface area contributed by atoms with Gasteiger partial charge in [-0.3, -0.25) is 4.79 Å². The van der Waals surface area contributed by atoms with Gasteiger partial charge in [0.2, 0.25) is 5.91 Å². The van der Waals surface area contributed by atoms with E-state index in [2.05, 4.69) is 0 Å². The zero-order chi connectivity index (χ0) is 19.9. The van der Waals surface area contributed by atoms with Gasteiger partial charge in [0, 0.05) is 13.0 Å². The van der Waals surface area contributed by atoms with Crippen LogP contribution in [0.3, 0.4) is 0 Å². The smallest absolute Gasteiger partial charge is 0.223 e. The number of ether oxygens (including phenoxy) is 3. The summed E-state index contributed by atoms with van der Waals surface area (Å²) in [6.07, 6.45) is 0.610. The van der Waals surface area contributed by atoms with E-state index in [-0.39, 0.29) is 18.6 Å². The summed E-state index contributed by atoms with van der Waals surface area (Å²) >= 11 is 0. The third kappa shape index (κ3) is 4.46. The molecule has 0 saturated carbocycles. The lowest BCUT2D eigenvalue weighted by atomic mass is 9.97. The van der Waals surface area contributed by atoms with Gasteiger partial charge in [0.25, 0.3) is 0 Å². The molecule has 1 amide bonds. The summed E-state index contributed by atoms with van der Waals surface area (Å²) in [4.78, 5) is 14.8. The van der Waals surface area contributed by atoms with Gasteiger partial charge >= 0.3 is 0 Å². The molecule has 6 nitrogen and oxygen atoms in total. The van der Waals surface area contributed by atoms with Crippen molar-refractivity contribution < 1.29 is 24.1 Å². The highest BCUT2D eigenvalue weighted by Gasteiger charge is 2.36. The normalized spacial score (nSPS) is 19.3. The fourth-order valence-corrected chi connectivity index (χ4v) is 3.64. The molecule has 1 fully saturated rings. The van der Waals surface area contributed by atoms with Gasteiger partial charge in [0.15, 0.2) is 11.5 Å². The molecule has 1 heterocycles. The Bertz CT molecular complexity index is 780. The van der Waals surface area contributed by atoms with Crippen LogP contribution in [0, 0.1) is 0 Å². The number of methoxy groups -OCH3 is 2. The van der Waals surface area contributed by atoms with Crippen LogP contribution in [0.25, 0.3) is 0 Å². The van der Waals surface area contributed by atoms with Gasteiger partial charge in [0.05, 0.1) is 33.5 Å². The van der Waals surface area contributed by atoms with E-state index in [0.29, 0.717) is 37.5 Å². The van der Waals surface area contributed by atoms with Crippen LogP contribution in [0.4, 0.5) is 0 Å². The molecule has 0 spiro atoms. The number of benzene rings is 2. The van der Waals surface area contributed by atoms with Crippen molar-refractivity contribution >= 4 is 5.91 Å². The Morgan fingerprint density at radius 1 is 1.14 bits per heavy atom. The van der Waals surface area contributed by atoms with Crippen LogP contribution >= 0.6 is 0 Å². The first kappa shape index (κ1) is 20.2. The van der Waals surface area contributed by atoms with Gasteiger partial charge < -0.3 is 24.2 Å². The molecular weight excluding hydrogens is 358 g/mol. The summed E-state index contributed by atoms with van der Waals surface area (Å²) in [5, 5.41) is 9.84. The topological polar surface area (TPSA) is 68.2 Å². The molecule has 0 aliphatic carbocycles. The number of hydrogen-bond donors (Lipinski definition) is 1. The molecule has 3 rings (SSSR count). The monoisotopic (exact) mass is 385 g/mol. The van der Waals surface area contributed by atoms with Crippen molar-refractivity contribution in [2.75, 3.05) is 34.0 Å². The van der Waals surface area contributed by atoms with Gasteiger partial charge in [-0.05, 0) is 29.7 Å². The molecule has 2 aromatic carbocycles. The van der Waals surface area contributed by atoms with E-state index >= 15 is 0 Å². The fraction of sp³-hybridized carbons (Fsp3) is 0.409. The van der Waals surface area contributed by atoms with Crippen molar-refractivity contribution in [1.82, 2.24) is 4.90 Å². The summed E-state index contributed by atoms with van der Waals surface area (Å²) < 4.78 is 16.5. The lowest BCUT2D eigenvalue weighted by molar-refractivity contribution is -0.149. The Hall–Kier alpha value is -2.57. The minimum absolute atomic E-state index is 0.0467. The third-order valence-corrected chi connectivity index (χ3v) is 5.07. The largest absolute Gasteiger partial charge is 0.493 e. The minimum Gasteiger partial charge on any atom is -0.493 e. The van der Waals surface area contributed by atoms with Crippen LogP contribution in [-0.2, 0) is 16.0 Å². The van der Waals surface area contributed by atoms with Crippen LogP contribution < -0.4 is 9.47 Å². The van der Waals surface area contributed by atoms with Crippen LogP contribution in [-0.4, -0.2) is 56.0 Å². The molecule has 1 saturated heterocycles. The van der Waals surface area contributed by atoms with Gasteiger partial charge in [-0.25, -0.2) is 0 Å². The highest BCUT2D eigenvalue weighted by molar-refractivity contribution is 5.77. The van der Waals surface area contributed by atoms with E-state index in [0.717, 1.165) is 11.1 Å². The zero-order valence-electron chi connectivity index (χ0n) is 16.3. The highest BCUT2D eigenvalue weighted by atomic mass is 16.5. The molecule has 28 heavy (non-hydrogen) atoms. The predicted octanol–water partition coefficient (Wildman–Crippen LogP) is 2.60. The molecule has 0 aromatic heterocycles. The van der Waals surface area contributed by atoms with Crippen LogP contribution in [0.5, 0.6) is 11.5 Å². The lowest BCUT2D eigenvalue weighted by Crippen LogP contribution is -2.49. The minimum atomic E-state index is -0.479. The SMILES string of the molecule is COc1ccc([C@@H]2[C@@H](CO)OCCN2C(=O)CCc2ccccc2)cc1OC. The molecule has 0 radical (unpaired) electrons. The lowest BCUT2D eigenvalue weighted by Gasteiger charge is -2.41. The quantitative estimate of drug-likeness (QED) is 0.794. The van der Waals surface area contributed by atoms with Crippen molar-refractivity contribution in [2.24, 2.45) is 0 Å². The molecule has 1 N–H and O–H groups in total. The van der Waals surface area contributed by atoms with E-state index in [4.69, 9.17) is 14.2 Å². The number of carbonyl (C=O) groups is 1. The van der Waals surface area contributed by atoms with Gasteiger partial charge in [-0.1, -0.05) is 36.4 Å². The van der Waals surface area contributed by atoms with E-state index < -0.39 is 6.10 Å². The summed E-state index contributed by atoms with van der Waals surface area (Å²) in [6.45, 7) is 0.733. The first-order valence-corrected chi connectivity index (χ1v) is 9.45. The average Bonchev–Trinajstić information content (AvgIpc) is 2.77. The number of rotatable bonds is 7. The average molecular weight is 385 g/mol. The Morgan fingerprint density at radius 2 is 1.89 bits per heavy atom. The van der Waals surface area contributed by atoms with Gasteiger partial charge in [-0.15, -0.1) is 0 Å². The Labute approximate surface area is 165 Å². The maximum atomic E-state index is 13.0. The molecule has 0 unspecified atom stereocenters. The van der Waals surface area contributed by atoms with Gasteiger partial charge in [0.1, 0.15) is 6.10 Å². The number of aryl methyl sites for hydroxylation is 1. The Kier molecular flexibility index (Phi) is 6.90. The Balaban J connectivity index is 1.83. The summed E-state index contributed by atoms with van der Waals surface area (Å²) in [5.41, 5.74) is 1.98. The maximum Gasteiger partial charge on any atom is 0.223 e. The Morgan fingerprint density at radius 3 is 2.57 bits per heavy atom. The number of nitrogens with zero attached hydrogens (tertiary/aromatic N) is 1. The van der Waals surface area contributed by atoms with E-state index in [1.165, 1.54) is 0 Å². The van der Waals surface area contributed by atoms with Crippen molar-refractivity contribution in [3.05, 3.63) is 59.7 Å². The number of hydrogen-bond acceptors (Lipinski definition) is 5. The molecule has 1 aliphatic rings. The van der Waals surface area contributed by atoms with Crippen LogP contribution in [0.15, 0.2) is 48.5 Å². The summed E-state index contributed by atoms with van der Waals surface area (Å²) in [6, 6.07) is 15.1.